The first-order valence-electron chi connectivity index (χ1n) is 10.7. The minimum absolute atomic E-state index is 0.0657. The van der Waals surface area contributed by atoms with E-state index < -0.39 is 10.0 Å². The van der Waals surface area contributed by atoms with Gasteiger partial charge in [0.1, 0.15) is 5.75 Å². The van der Waals surface area contributed by atoms with Crippen molar-refractivity contribution in [2.75, 3.05) is 6.61 Å². The molecular weight excluding hydrogens is 386 g/mol. The number of hydrogen-bond donors (Lipinski definition) is 1. The number of aromatic nitrogens is 2. The predicted octanol–water partition coefficient (Wildman–Crippen LogP) is 4.75. The van der Waals surface area contributed by atoms with Gasteiger partial charge in [-0.15, -0.1) is 0 Å². The lowest BCUT2D eigenvalue weighted by Crippen LogP contribution is -2.43. The summed E-state index contributed by atoms with van der Waals surface area (Å²) in [6.45, 7) is 5.11. The number of unbranched alkanes of at least 4 members (excludes halogenated alkanes) is 1. The highest BCUT2D eigenvalue weighted by Gasteiger charge is 2.34. The first kappa shape index (κ1) is 21.8. The fourth-order valence-corrected chi connectivity index (χ4v) is 5.69. The SMILES string of the molecule is CCCCOc1ccc(S(=O)(=O)N(Cc2cnc[nH]2)[C@@H](C)C2CCCCC2)cc1. The van der Waals surface area contributed by atoms with Gasteiger partial charge in [0.15, 0.2) is 0 Å². The van der Waals surface area contributed by atoms with Crippen LogP contribution in [-0.2, 0) is 16.6 Å². The number of nitrogens with zero attached hydrogens (tertiary/aromatic N) is 2. The van der Waals surface area contributed by atoms with E-state index in [1.807, 2.05) is 6.92 Å². The molecule has 0 unspecified atom stereocenters. The normalized spacial score (nSPS) is 16.8. The Bertz CT molecular complexity index is 829. The molecule has 1 heterocycles. The summed E-state index contributed by atoms with van der Waals surface area (Å²) in [7, 11) is -3.64. The van der Waals surface area contributed by atoms with E-state index in [1.54, 1.807) is 41.1 Å². The summed E-state index contributed by atoms with van der Waals surface area (Å²) in [5, 5.41) is 0. The van der Waals surface area contributed by atoms with Gasteiger partial charge in [-0.1, -0.05) is 32.6 Å². The van der Waals surface area contributed by atoms with Crippen molar-refractivity contribution in [2.45, 2.75) is 76.3 Å². The molecule has 29 heavy (non-hydrogen) atoms. The maximum absolute atomic E-state index is 13.6. The van der Waals surface area contributed by atoms with Crippen LogP contribution >= 0.6 is 0 Å². The first-order chi connectivity index (χ1) is 14.0. The van der Waals surface area contributed by atoms with Crippen LogP contribution < -0.4 is 4.74 Å². The number of nitrogens with one attached hydrogen (secondary N) is 1. The molecule has 160 valence electrons. The van der Waals surface area contributed by atoms with E-state index in [9.17, 15) is 8.42 Å². The molecule has 7 heteroatoms. The van der Waals surface area contributed by atoms with Gasteiger partial charge in [0, 0.05) is 17.9 Å². The molecule has 1 saturated carbocycles. The lowest BCUT2D eigenvalue weighted by Gasteiger charge is -2.35. The third kappa shape index (κ3) is 5.60. The van der Waals surface area contributed by atoms with Crippen molar-refractivity contribution in [1.29, 1.82) is 0 Å². The van der Waals surface area contributed by atoms with Crippen molar-refractivity contribution in [3.63, 3.8) is 0 Å². The Morgan fingerprint density at radius 2 is 1.93 bits per heavy atom. The zero-order chi connectivity index (χ0) is 20.7. The van der Waals surface area contributed by atoms with Gasteiger partial charge >= 0.3 is 0 Å². The van der Waals surface area contributed by atoms with Crippen molar-refractivity contribution in [3.05, 3.63) is 42.5 Å². The van der Waals surface area contributed by atoms with Crippen LogP contribution in [0.1, 0.15) is 64.5 Å². The second-order valence-electron chi connectivity index (χ2n) is 7.94. The van der Waals surface area contributed by atoms with Gasteiger partial charge in [-0.25, -0.2) is 13.4 Å². The molecule has 2 aromatic rings. The summed E-state index contributed by atoms with van der Waals surface area (Å²) in [5.74, 6) is 1.09. The van der Waals surface area contributed by atoms with Gasteiger partial charge in [0.05, 0.1) is 24.4 Å². The minimum Gasteiger partial charge on any atom is -0.494 e. The summed E-state index contributed by atoms with van der Waals surface area (Å²) in [4.78, 5) is 7.41. The van der Waals surface area contributed by atoms with E-state index in [0.717, 1.165) is 31.4 Å². The topological polar surface area (TPSA) is 75.3 Å². The fraction of sp³-hybridized carbons (Fsp3) is 0.591. The van der Waals surface area contributed by atoms with E-state index in [1.165, 1.54) is 19.3 Å². The van der Waals surface area contributed by atoms with Crippen LogP contribution in [0.15, 0.2) is 41.7 Å². The summed E-state index contributed by atoms with van der Waals surface area (Å²) < 4.78 is 34.5. The highest BCUT2D eigenvalue weighted by molar-refractivity contribution is 7.89. The molecule has 0 spiro atoms. The van der Waals surface area contributed by atoms with Crippen LogP contribution in [0.2, 0.25) is 0 Å². The number of hydrogen-bond acceptors (Lipinski definition) is 4. The quantitative estimate of drug-likeness (QED) is 0.564. The van der Waals surface area contributed by atoms with E-state index in [2.05, 4.69) is 16.9 Å². The van der Waals surface area contributed by atoms with Crippen LogP contribution in [0.4, 0.5) is 0 Å². The number of imidazole rings is 1. The van der Waals surface area contributed by atoms with Crippen molar-refractivity contribution >= 4 is 10.0 Å². The average molecular weight is 420 g/mol. The number of ether oxygens (including phenoxy) is 1. The highest BCUT2D eigenvalue weighted by Crippen LogP contribution is 2.32. The zero-order valence-corrected chi connectivity index (χ0v) is 18.3. The largest absolute Gasteiger partial charge is 0.494 e. The standard InChI is InChI=1S/C22H33N3O3S/c1-3-4-14-28-21-10-12-22(13-11-21)29(26,27)25(16-20-15-23-17-24-20)18(2)19-8-6-5-7-9-19/h10-13,15,17-19H,3-9,14,16H2,1-2H3,(H,23,24)/t18-/m0/s1. The van der Waals surface area contributed by atoms with Crippen molar-refractivity contribution in [3.8, 4) is 5.75 Å². The summed E-state index contributed by atoms with van der Waals surface area (Å²) in [5.41, 5.74) is 0.802. The molecule has 0 bridgehead atoms. The van der Waals surface area contributed by atoms with E-state index >= 15 is 0 Å². The molecule has 0 radical (unpaired) electrons. The molecule has 1 aromatic carbocycles. The molecule has 6 nitrogen and oxygen atoms in total. The zero-order valence-electron chi connectivity index (χ0n) is 17.5. The number of aromatic amines is 1. The highest BCUT2D eigenvalue weighted by atomic mass is 32.2. The van der Waals surface area contributed by atoms with Gasteiger partial charge in [-0.05, 0) is 56.4 Å². The van der Waals surface area contributed by atoms with Crippen LogP contribution in [0.3, 0.4) is 0 Å². The molecule has 0 saturated heterocycles. The van der Waals surface area contributed by atoms with E-state index in [-0.39, 0.29) is 6.04 Å². The number of sulfonamides is 1. The molecule has 1 atom stereocenters. The molecule has 1 aliphatic carbocycles. The van der Waals surface area contributed by atoms with Crippen molar-refractivity contribution in [2.24, 2.45) is 5.92 Å². The average Bonchev–Trinajstić information content (AvgIpc) is 3.26. The Balaban J connectivity index is 1.82. The minimum atomic E-state index is -3.64. The third-order valence-electron chi connectivity index (χ3n) is 5.86. The predicted molar refractivity (Wildman–Crippen MR) is 114 cm³/mol. The van der Waals surface area contributed by atoms with Crippen LogP contribution in [0.25, 0.3) is 0 Å². The Morgan fingerprint density at radius 3 is 2.55 bits per heavy atom. The van der Waals surface area contributed by atoms with Crippen molar-refractivity contribution < 1.29 is 13.2 Å². The molecule has 1 fully saturated rings. The number of H-pyrrole nitrogens is 1. The number of benzene rings is 1. The maximum atomic E-state index is 13.6. The second-order valence-corrected chi connectivity index (χ2v) is 9.83. The van der Waals surface area contributed by atoms with Gasteiger partial charge in [-0.3, -0.25) is 0 Å². The second kappa shape index (κ2) is 10.3. The maximum Gasteiger partial charge on any atom is 0.243 e. The molecule has 1 aliphatic rings. The summed E-state index contributed by atoms with van der Waals surface area (Å²) in [6.07, 6.45) is 11.1. The molecule has 0 aliphatic heterocycles. The van der Waals surface area contributed by atoms with Gasteiger partial charge in [-0.2, -0.15) is 4.31 Å². The smallest absolute Gasteiger partial charge is 0.243 e. The lowest BCUT2D eigenvalue weighted by molar-refractivity contribution is 0.200. The molecule has 1 N–H and O–H groups in total. The number of rotatable bonds is 10. The molecule has 3 rings (SSSR count). The molecule has 0 amide bonds. The van der Waals surface area contributed by atoms with Gasteiger partial charge in [0.25, 0.3) is 0 Å². The molecule has 1 aromatic heterocycles. The third-order valence-corrected chi connectivity index (χ3v) is 7.81. The summed E-state index contributed by atoms with van der Waals surface area (Å²) in [6, 6.07) is 6.75. The Kier molecular flexibility index (Phi) is 7.72. The Labute approximate surface area is 174 Å². The van der Waals surface area contributed by atoms with Crippen molar-refractivity contribution in [1.82, 2.24) is 14.3 Å². The Morgan fingerprint density at radius 1 is 1.21 bits per heavy atom. The van der Waals surface area contributed by atoms with E-state index in [4.69, 9.17) is 4.74 Å². The van der Waals surface area contributed by atoms with Crippen LogP contribution in [0, 0.1) is 5.92 Å². The van der Waals surface area contributed by atoms with Crippen LogP contribution in [-0.4, -0.2) is 35.3 Å². The molecular formula is C22H33N3O3S. The Hall–Kier alpha value is -1.86. The van der Waals surface area contributed by atoms with Gasteiger partial charge < -0.3 is 9.72 Å². The first-order valence-corrected chi connectivity index (χ1v) is 12.2. The van der Waals surface area contributed by atoms with Crippen LogP contribution in [0.5, 0.6) is 5.75 Å². The summed E-state index contributed by atoms with van der Waals surface area (Å²) >= 11 is 0. The monoisotopic (exact) mass is 419 g/mol. The van der Waals surface area contributed by atoms with Gasteiger partial charge in [0.2, 0.25) is 10.0 Å². The van der Waals surface area contributed by atoms with E-state index in [0.29, 0.717) is 29.7 Å². The fourth-order valence-electron chi connectivity index (χ4n) is 4.02. The lowest BCUT2D eigenvalue weighted by atomic mass is 9.84.